The Labute approximate surface area is 92.9 Å². The van der Waals surface area contributed by atoms with Crippen molar-refractivity contribution in [1.82, 2.24) is 4.90 Å². The highest BCUT2D eigenvalue weighted by Crippen LogP contribution is 2.12. The fourth-order valence-corrected chi connectivity index (χ4v) is 1.24. The van der Waals surface area contributed by atoms with Crippen molar-refractivity contribution in [2.24, 2.45) is 0 Å². The van der Waals surface area contributed by atoms with Crippen molar-refractivity contribution in [2.75, 3.05) is 13.1 Å². The summed E-state index contributed by atoms with van der Waals surface area (Å²) in [6, 6.07) is 0. The molecule has 0 spiro atoms. The van der Waals surface area contributed by atoms with Gasteiger partial charge in [0.05, 0.1) is 0 Å². The van der Waals surface area contributed by atoms with Crippen LogP contribution in [0.4, 0.5) is 0 Å². The molecule has 0 amide bonds. The summed E-state index contributed by atoms with van der Waals surface area (Å²) in [6.07, 6.45) is 1.26. The van der Waals surface area contributed by atoms with Crippen molar-refractivity contribution >= 4 is 0 Å². The van der Waals surface area contributed by atoms with Crippen molar-refractivity contribution in [3.8, 4) is 0 Å². The normalized spacial score (nSPS) is 9.86. The monoisotopic (exact) mass is 203 g/mol. The van der Waals surface area contributed by atoms with Crippen LogP contribution in [0.15, 0.2) is 0 Å². The molecule has 0 rings (SSSR count). The predicted octanol–water partition coefficient (Wildman–Crippen LogP) is 4.57. The van der Waals surface area contributed by atoms with E-state index in [-0.39, 0.29) is 0 Å². The van der Waals surface area contributed by atoms with Crippen molar-refractivity contribution in [2.45, 2.75) is 74.3 Å². The van der Waals surface area contributed by atoms with Crippen LogP contribution in [0, 0.1) is 0 Å². The molecule has 1 heteroatoms. The molecule has 0 aromatic carbocycles. The molecule has 0 bridgehead atoms. The Morgan fingerprint density at radius 1 is 0.857 bits per heavy atom. The van der Waals surface area contributed by atoms with Crippen LogP contribution < -0.4 is 0 Å². The highest BCUT2D eigenvalue weighted by atomic mass is 15.2. The van der Waals surface area contributed by atoms with Gasteiger partial charge in [0.15, 0.2) is 0 Å². The largest absolute Gasteiger partial charge is 0.299 e. The summed E-state index contributed by atoms with van der Waals surface area (Å²) >= 11 is 0. The van der Waals surface area contributed by atoms with Crippen LogP contribution >= 0.6 is 0 Å². The summed E-state index contributed by atoms with van der Waals surface area (Å²) in [5, 5.41) is 0. The van der Waals surface area contributed by atoms with E-state index < -0.39 is 0 Å². The van der Waals surface area contributed by atoms with Crippen LogP contribution in [-0.2, 0) is 0 Å². The van der Waals surface area contributed by atoms with E-state index in [1.165, 1.54) is 13.0 Å². The number of nitrogens with zero attached hydrogens (tertiary/aromatic N) is 1. The molecule has 0 saturated carbocycles. The molecule has 0 aliphatic carbocycles. The molecule has 0 atom stereocenters. The summed E-state index contributed by atoms with van der Waals surface area (Å²) in [5.74, 6) is 0. The van der Waals surface area contributed by atoms with Crippen LogP contribution in [0.2, 0.25) is 0 Å². The van der Waals surface area contributed by atoms with Crippen molar-refractivity contribution < 1.29 is 0 Å². The maximum atomic E-state index is 2.49. The zero-order valence-electron chi connectivity index (χ0n) is 12.1. The van der Waals surface area contributed by atoms with Crippen LogP contribution in [0.5, 0.6) is 0 Å². The fourth-order valence-electron chi connectivity index (χ4n) is 1.24. The smallest absolute Gasteiger partial charge is 0.0124 e. The molecule has 90 valence electrons. The molecule has 0 unspecified atom stereocenters. The van der Waals surface area contributed by atoms with E-state index in [0.29, 0.717) is 5.54 Å². The third-order valence-electron chi connectivity index (χ3n) is 1.82. The van der Waals surface area contributed by atoms with E-state index >= 15 is 0 Å². The summed E-state index contributed by atoms with van der Waals surface area (Å²) < 4.78 is 0. The Morgan fingerprint density at radius 3 is 1.29 bits per heavy atom. The predicted molar refractivity (Wildman–Crippen MR) is 70.0 cm³/mol. The first-order chi connectivity index (χ1) is 6.52. The van der Waals surface area contributed by atoms with E-state index in [9.17, 15) is 0 Å². The Balaban J connectivity index is -0.000000266. The molecule has 0 radical (unpaired) electrons. The quantitative estimate of drug-likeness (QED) is 0.649. The van der Waals surface area contributed by atoms with Crippen molar-refractivity contribution in [3.05, 3.63) is 0 Å². The molecule has 0 heterocycles. The zero-order valence-corrected chi connectivity index (χ0v) is 12.1. The first-order valence-corrected chi connectivity index (χ1v) is 6.27. The standard InChI is InChI=1S/C9H21N.2C2H6/c1-6-8-10(7-2)9(3,4)5;2*1-2/h6-8H2,1-5H3;2*1-2H3. The van der Waals surface area contributed by atoms with E-state index in [2.05, 4.69) is 39.5 Å². The first kappa shape index (κ1) is 19.5. The SMILES string of the molecule is CC.CC.CCCN(CC)C(C)(C)C. The molecule has 0 fully saturated rings. The maximum Gasteiger partial charge on any atom is 0.0124 e. The van der Waals surface area contributed by atoms with Gasteiger partial charge in [-0.3, -0.25) is 4.90 Å². The maximum absolute atomic E-state index is 2.49. The van der Waals surface area contributed by atoms with E-state index in [4.69, 9.17) is 0 Å². The molecular weight excluding hydrogens is 170 g/mol. The number of hydrogen-bond acceptors (Lipinski definition) is 1. The lowest BCUT2D eigenvalue weighted by Gasteiger charge is -2.34. The summed E-state index contributed by atoms with van der Waals surface area (Å²) in [4.78, 5) is 2.49. The second-order valence-electron chi connectivity index (χ2n) is 3.75. The average molecular weight is 203 g/mol. The molecule has 0 saturated heterocycles. The van der Waals surface area contributed by atoms with Gasteiger partial charge < -0.3 is 0 Å². The Kier molecular flexibility index (Phi) is 18.1. The average Bonchev–Trinajstić information content (AvgIpc) is 2.18. The fraction of sp³-hybridized carbons (Fsp3) is 1.00. The molecule has 0 N–H and O–H groups in total. The minimum atomic E-state index is 0.352. The summed E-state index contributed by atoms with van der Waals surface area (Å²) in [6.45, 7) is 21.6. The minimum Gasteiger partial charge on any atom is -0.299 e. The second-order valence-corrected chi connectivity index (χ2v) is 3.75. The number of hydrogen-bond donors (Lipinski definition) is 0. The first-order valence-electron chi connectivity index (χ1n) is 6.27. The third kappa shape index (κ3) is 12.0. The molecule has 0 aromatic heterocycles. The van der Waals surface area contributed by atoms with Crippen LogP contribution in [0.3, 0.4) is 0 Å². The minimum absolute atomic E-state index is 0.352. The van der Waals surface area contributed by atoms with Gasteiger partial charge in [0.25, 0.3) is 0 Å². The van der Waals surface area contributed by atoms with Crippen LogP contribution in [0.1, 0.15) is 68.7 Å². The van der Waals surface area contributed by atoms with E-state index in [0.717, 1.165) is 6.54 Å². The second kappa shape index (κ2) is 13.0. The molecular formula is C13H33N. The van der Waals surface area contributed by atoms with E-state index in [1.807, 2.05) is 27.7 Å². The zero-order chi connectivity index (χ0) is 12.2. The highest BCUT2D eigenvalue weighted by Gasteiger charge is 2.17. The highest BCUT2D eigenvalue weighted by molar-refractivity contribution is 4.74. The van der Waals surface area contributed by atoms with Gasteiger partial charge in [-0.2, -0.15) is 0 Å². The lowest BCUT2D eigenvalue weighted by Crippen LogP contribution is -2.41. The van der Waals surface area contributed by atoms with Crippen LogP contribution in [-0.4, -0.2) is 23.5 Å². The van der Waals surface area contributed by atoms with Crippen molar-refractivity contribution in [3.63, 3.8) is 0 Å². The third-order valence-corrected chi connectivity index (χ3v) is 1.82. The molecule has 14 heavy (non-hydrogen) atoms. The lowest BCUT2D eigenvalue weighted by atomic mass is 10.1. The van der Waals surface area contributed by atoms with Gasteiger partial charge in [0, 0.05) is 5.54 Å². The van der Waals surface area contributed by atoms with Gasteiger partial charge in [0.1, 0.15) is 0 Å². The lowest BCUT2D eigenvalue weighted by molar-refractivity contribution is 0.145. The van der Waals surface area contributed by atoms with Gasteiger partial charge in [-0.1, -0.05) is 41.5 Å². The van der Waals surface area contributed by atoms with Gasteiger partial charge in [-0.25, -0.2) is 0 Å². The molecule has 0 aliphatic heterocycles. The van der Waals surface area contributed by atoms with Gasteiger partial charge in [-0.05, 0) is 40.3 Å². The molecule has 0 aromatic rings. The van der Waals surface area contributed by atoms with Gasteiger partial charge in [0.2, 0.25) is 0 Å². The summed E-state index contributed by atoms with van der Waals surface area (Å²) in [5.41, 5.74) is 0.352. The topological polar surface area (TPSA) is 3.24 Å². The Morgan fingerprint density at radius 2 is 1.21 bits per heavy atom. The Hall–Kier alpha value is -0.0400. The summed E-state index contributed by atoms with van der Waals surface area (Å²) in [7, 11) is 0. The van der Waals surface area contributed by atoms with Gasteiger partial charge >= 0.3 is 0 Å². The number of rotatable bonds is 3. The van der Waals surface area contributed by atoms with Crippen molar-refractivity contribution in [1.29, 1.82) is 0 Å². The Bertz CT molecular complexity index is 81.7. The van der Waals surface area contributed by atoms with E-state index in [1.54, 1.807) is 0 Å². The molecule has 0 aliphatic rings. The van der Waals surface area contributed by atoms with Crippen LogP contribution in [0.25, 0.3) is 0 Å². The molecule has 1 nitrogen and oxygen atoms in total. The van der Waals surface area contributed by atoms with Gasteiger partial charge in [-0.15, -0.1) is 0 Å².